The summed E-state index contributed by atoms with van der Waals surface area (Å²) in [5, 5.41) is 3.04. The number of amides is 1. The van der Waals surface area contributed by atoms with Crippen LogP contribution in [-0.2, 0) is 0 Å². The Balaban J connectivity index is 1.85. The van der Waals surface area contributed by atoms with Crippen LogP contribution >= 0.6 is 0 Å². The Morgan fingerprint density at radius 2 is 1.64 bits per heavy atom. The Bertz CT molecular complexity index is 1230. The van der Waals surface area contributed by atoms with Gasteiger partial charge in [0, 0.05) is 16.8 Å². The van der Waals surface area contributed by atoms with Crippen LogP contribution in [0.3, 0.4) is 0 Å². The summed E-state index contributed by atoms with van der Waals surface area (Å²) >= 11 is 0. The summed E-state index contributed by atoms with van der Waals surface area (Å²) in [6.45, 7) is 1.71. The lowest BCUT2D eigenvalue weighted by Gasteiger charge is -2.11. The lowest BCUT2D eigenvalue weighted by molar-refractivity contribution is 0.102. The number of hydrogen-bond donors (Lipinski definition) is 1. The van der Waals surface area contributed by atoms with Gasteiger partial charge < -0.3 is 9.73 Å². The van der Waals surface area contributed by atoms with Gasteiger partial charge in [-0.3, -0.25) is 9.59 Å². The van der Waals surface area contributed by atoms with E-state index in [0.29, 0.717) is 22.4 Å². The van der Waals surface area contributed by atoms with Gasteiger partial charge >= 0.3 is 0 Å². The number of carbonyl (C=O) groups excluding carboxylic acids is 1. The average molecular weight is 373 g/mol. The van der Waals surface area contributed by atoms with Crippen molar-refractivity contribution in [2.75, 3.05) is 5.32 Å². The van der Waals surface area contributed by atoms with Crippen molar-refractivity contribution in [1.82, 2.24) is 0 Å². The van der Waals surface area contributed by atoms with E-state index in [1.165, 1.54) is 24.3 Å². The van der Waals surface area contributed by atoms with Crippen molar-refractivity contribution < 1.29 is 13.6 Å². The minimum atomic E-state index is -0.441. The minimum Gasteiger partial charge on any atom is -0.455 e. The second kappa shape index (κ2) is 7.12. The fraction of sp³-hybridized carbons (Fsp3) is 0.0435. The zero-order chi connectivity index (χ0) is 19.7. The predicted molar refractivity (Wildman–Crippen MR) is 107 cm³/mol. The van der Waals surface area contributed by atoms with E-state index >= 15 is 0 Å². The van der Waals surface area contributed by atoms with Crippen LogP contribution in [0.1, 0.15) is 15.9 Å². The molecule has 0 aliphatic carbocycles. The second-order valence-electron chi connectivity index (χ2n) is 6.39. The van der Waals surface area contributed by atoms with Crippen molar-refractivity contribution in [3.05, 3.63) is 100.0 Å². The fourth-order valence-corrected chi connectivity index (χ4v) is 3.08. The quantitative estimate of drug-likeness (QED) is 0.540. The molecule has 28 heavy (non-hydrogen) atoms. The molecule has 1 N–H and O–H groups in total. The SMILES string of the molecule is Cc1c(-c2ccccc2)oc2c(C(=O)Nc3ccc(F)cc3)cccc2c1=O. The Morgan fingerprint density at radius 1 is 0.929 bits per heavy atom. The highest BCUT2D eigenvalue weighted by Gasteiger charge is 2.18. The molecular formula is C23H16FNO3. The number of fused-ring (bicyclic) bond motifs is 1. The number of anilines is 1. The smallest absolute Gasteiger partial charge is 0.259 e. The number of nitrogens with one attached hydrogen (secondary N) is 1. The molecule has 138 valence electrons. The molecule has 0 fully saturated rings. The van der Waals surface area contributed by atoms with E-state index in [9.17, 15) is 14.0 Å². The molecule has 0 aliphatic heterocycles. The van der Waals surface area contributed by atoms with Crippen LogP contribution in [0.4, 0.5) is 10.1 Å². The fourth-order valence-electron chi connectivity index (χ4n) is 3.08. The van der Waals surface area contributed by atoms with Crippen molar-refractivity contribution >= 4 is 22.6 Å². The summed E-state index contributed by atoms with van der Waals surface area (Å²) in [6, 6.07) is 19.6. The third-order valence-electron chi connectivity index (χ3n) is 4.53. The van der Waals surface area contributed by atoms with Gasteiger partial charge in [0.25, 0.3) is 5.91 Å². The van der Waals surface area contributed by atoms with Crippen LogP contribution in [0.5, 0.6) is 0 Å². The van der Waals surface area contributed by atoms with Gasteiger partial charge in [0.1, 0.15) is 11.6 Å². The minimum absolute atomic E-state index is 0.184. The third-order valence-corrected chi connectivity index (χ3v) is 4.53. The zero-order valence-electron chi connectivity index (χ0n) is 15.0. The maximum atomic E-state index is 13.1. The Labute approximate surface area is 160 Å². The normalized spacial score (nSPS) is 10.8. The van der Waals surface area contributed by atoms with E-state index in [2.05, 4.69) is 5.32 Å². The van der Waals surface area contributed by atoms with Crippen LogP contribution in [0, 0.1) is 12.7 Å². The summed E-state index contributed by atoms with van der Waals surface area (Å²) in [4.78, 5) is 25.6. The highest BCUT2D eigenvalue weighted by molar-refractivity contribution is 6.11. The van der Waals surface area contributed by atoms with Gasteiger partial charge in [-0.2, -0.15) is 0 Å². The van der Waals surface area contributed by atoms with Crippen molar-refractivity contribution in [2.24, 2.45) is 0 Å². The van der Waals surface area contributed by atoms with Crippen molar-refractivity contribution in [1.29, 1.82) is 0 Å². The number of benzene rings is 3. The van der Waals surface area contributed by atoms with E-state index < -0.39 is 11.7 Å². The van der Waals surface area contributed by atoms with Crippen molar-refractivity contribution in [3.63, 3.8) is 0 Å². The van der Waals surface area contributed by atoms with Gasteiger partial charge in [0.15, 0.2) is 11.0 Å². The Kier molecular flexibility index (Phi) is 4.49. The van der Waals surface area contributed by atoms with E-state index in [4.69, 9.17) is 4.42 Å². The maximum absolute atomic E-state index is 13.1. The van der Waals surface area contributed by atoms with Crippen LogP contribution in [0.2, 0.25) is 0 Å². The van der Waals surface area contributed by atoms with Crippen molar-refractivity contribution in [2.45, 2.75) is 6.92 Å². The molecule has 0 spiro atoms. The molecule has 1 amide bonds. The van der Waals surface area contributed by atoms with Crippen LogP contribution in [0.25, 0.3) is 22.3 Å². The van der Waals surface area contributed by atoms with E-state index in [-0.39, 0.29) is 16.6 Å². The molecule has 1 aromatic heterocycles. The van der Waals surface area contributed by atoms with Crippen LogP contribution < -0.4 is 10.7 Å². The average Bonchev–Trinajstić information content (AvgIpc) is 2.72. The van der Waals surface area contributed by atoms with Gasteiger partial charge in [0.05, 0.1) is 10.9 Å². The number of rotatable bonds is 3. The molecule has 4 aromatic rings. The molecule has 0 bridgehead atoms. The lowest BCUT2D eigenvalue weighted by Crippen LogP contribution is -2.15. The van der Waals surface area contributed by atoms with Gasteiger partial charge in [-0.25, -0.2) is 4.39 Å². The molecule has 1 heterocycles. The lowest BCUT2D eigenvalue weighted by atomic mass is 10.0. The van der Waals surface area contributed by atoms with E-state index in [1.807, 2.05) is 30.3 Å². The standard InChI is InChI=1S/C23H16FNO3/c1-14-20(26)18-8-5-9-19(23(27)25-17-12-10-16(24)11-13-17)22(18)28-21(14)15-6-3-2-4-7-15/h2-13H,1H3,(H,25,27). The number of para-hydroxylation sites is 1. The van der Waals surface area contributed by atoms with Gasteiger partial charge in [-0.15, -0.1) is 0 Å². The molecule has 0 radical (unpaired) electrons. The molecule has 0 saturated carbocycles. The first kappa shape index (κ1) is 17.7. The summed E-state index contributed by atoms with van der Waals surface area (Å²) in [5.74, 6) is -0.402. The molecule has 0 aliphatic rings. The molecular weight excluding hydrogens is 357 g/mol. The second-order valence-corrected chi connectivity index (χ2v) is 6.39. The number of carbonyl (C=O) groups is 1. The number of hydrogen-bond acceptors (Lipinski definition) is 3. The molecule has 4 rings (SSSR count). The molecule has 5 heteroatoms. The Hall–Kier alpha value is -3.73. The highest BCUT2D eigenvalue weighted by Crippen LogP contribution is 2.27. The monoisotopic (exact) mass is 373 g/mol. The first-order valence-corrected chi connectivity index (χ1v) is 8.73. The zero-order valence-corrected chi connectivity index (χ0v) is 15.0. The first-order valence-electron chi connectivity index (χ1n) is 8.73. The largest absolute Gasteiger partial charge is 0.455 e. The van der Waals surface area contributed by atoms with Crippen LogP contribution in [0.15, 0.2) is 82.0 Å². The van der Waals surface area contributed by atoms with Gasteiger partial charge in [-0.05, 0) is 43.3 Å². The summed E-state index contributed by atoms with van der Waals surface area (Å²) in [5.41, 5.74) is 1.95. The Morgan fingerprint density at radius 3 is 2.36 bits per heavy atom. The van der Waals surface area contributed by atoms with Gasteiger partial charge in [0.2, 0.25) is 0 Å². The topological polar surface area (TPSA) is 59.3 Å². The summed E-state index contributed by atoms with van der Waals surface area (Å²) < 4.78 is 19.1. The molecule has 3 aromatic carbocycles. The van der Waals surface area contributed by atoms with Crippen molar-refractivity contribution in [3.8, 4) is 11.3 Å². The summed E-state index contributed by atoms with van der Waals surface area (Å²) in [6.07, 6.45) is 0. The van der Waals surface area contributed by atoms with Crippen LogP contribution in [-0.4, -0.2) is 5.91 Å². The molecule has 0 saturated heterocycles. The molecule has 0 atom stereocenters. The third kappa shape index (κ3) is 3.18. The number of halogens is 1. The maximum Gasteiger partial charge on any atom is 0.259 e. The predicted octanol–water partition coefficient (Wildman–Crippen LogP) is 5.16. The molecule has 4 nitrogen and oxygen atoms in total. The summed E-state index contributed by atoms with van der Waals surface area (Å²) in [7, 11) is 0. The highest BCUT2D eigenvalue weighted by atomic mass is 19.1. The molecule has 0 unspecified atom stereocenters. The van der Waals surface area contributed by atoms with Gasteiger partial charge in [-0.1, -0.05) is 36.4 Å². The van der Waals surface area contributed by atoms with E-state index in [1.54, 1.807) is 25.1 Å². The first-order chi connectivity index (χ1) is 13.5. The van der Waals surface area contributed by atoms with E-state index in [0.717, 1.165) is 5.56 Å².